The second-order valence-corrected chi connectivity index (χ2v) is 3.25. The maximum Gasteiger partial charge on any atom is 0.692 e. The first-order chi connectivity index (χ1) is 5.93. The molecule has 0 aliphatic heterocycles. The first-order valence-corrected chi connectivity index (χ1v) is 4.91. The molecule has 0 saturated heterocycles. The molecule has 0 aliphatic rings. The Kier molecular flexibility index (Phi) is 5.95. The van der Waals surface area contributed by atoms with Crippen LogP contribution in [0.1, 0.15) is 0 Å². The summed E-state index contributed by atoms with van der Waals surface area (Å²) < 4.78 is 8.70. The van der Waals surface area contributed by atoms with Gasteiger partial charge in [0.2, 0.25) is 0 Å². The topological polar surface area (TPSA) is 83.6 Å². The van der Waals surface area contributed by atoms with Crippen molar-refractivity contribution in [2.45, 2.75) is 0 Å². The molecule has 0 unspecified atom stereocenters. The molecule has 0 saturated carbocycles. The van der Waals surface area contributed by atoms with Crippen molar-refractivity contribution in [1.29, 1.82) is 0 Å². The van der Waals surface area contributed by atoms with Gasteiger partial charge in [0.25, 0.3) is 0 Å². The van der Waals surface area contributed by atoms with Crippen LogP contribution in [-0.2, 0) is 4.57 Å². The molecular formula is C6H7Cl2NO3P+. The van der Waals surface area contributed by atoms with Crippen LogP contribution < -0.4 is 5.73 Å². The lowest BCUT2D eigenvalue weighted by atomic mass is 10.3. The van der Waals surface area contributed by atoms with Crippen LogP contribution in [0.25, 0.3) is 0 Å². The zero-order valence-electron chi connectivity index (χ0n) is 6.32. The van der Waals surface area contributed by atoms with E-state index < -0.39 is 8.25 Å². The predicted octanol–water partition coefficient (Wildman–Crippen LogP) is 2.20. The van der Waals surface area contributed by atoms with Gasteiger partial charge in [-0.1, -0.05) is 23.2 Å². The van der Waals surface area contributed by atoms with Crippen LogP contribution in [0.4, 0.5) is 5.69 Å². The minimum Gasteiger partial charge on any atom is -0.399 e. The molecule has 4 nitrogen and oxygen atoms in total. The lowest BCUT2D eigenvalue weighted by Gasteiger charge is -1.94. The largest absolute Gasteiger partial charge is 0.692 e. The Bertz CT molecular complexity index is 304. The summed E-state index contributed by atoms with van der Waals surface area (Å²) in [6.45, 7) is 0. The van der Waals surface area contributed by atoms with Crippen LogP contribution in [0.2, 0.25) is 10.0 Å². The monoisotopic (exact) mass is 242 g/mol. The molecule has 0 amide bonds. The van der Waals surface area contributed by atoms with E-state index in [2.05, 4.69) is 0 Å². The Labute approximate surface area is 85.9 Å². The van der Waals surface area contributed by atoms with Crippen molar-refractivity contribution < 1.29 is 14.4 Å². The molecular weight excluding hydrogens is 236 g/mol. The number of nitrogen functional groups attached to an aromatic ring is 1. The second kappa shape index (κ2) is 6.13. The van der Waals surface area contributed by atoms with Gasteiger partial charge in [-0.15, -0.1) is 9.79 Å². The van der Waals surface area contributed by atoms with E-state index in [0.717, 1.165) is 0 Å². The van der Waals surface area contributed by atoms with Crippen LogP contribution in [-0.4, -0.2) is 9.79 Å². The normalized spacial score (nSPS) is 8.62. The van der Waals surface area contributed by atoms with Gasteiger partial charge in [-0.3, -0.25) is 0 Å². The average molecular weight is 243 g/mol. The van der Waals surface area contributed by atoms with E-state index in [0.29, 0.717) is 15.7 Å². The predicted molar refractivity (Wildman–Crippen MR) is 52.9 cm³/mol. The molecule has 0 heterocycles. The lowest BCUT2D eigenvalue weighted by Crippen LogP contribution is -1.82. The van der Waals surface area contributed by atoms with Crippen LogP contribution >= 0.6 is 31.5 Å². The summed E-state index contributed by atoms with van der Waals surface area (Å²) in [6.07, 6.45) is 0. The molecule has 72 valence electrons. The van der Waals surface area contributed by atoms with Gasteiger partial charge >= 0.3 is 8.25 Å². The van der Waals surface area contributed by atoms with Gasteiger partial charge in [0.15, 0.2) is 0 Å². The van der Waals surface area contributed by atoms with Gasteiger partial charge in [-0.05, 0) is 18.2 Å². The van der Waals surface area contributed by atoms with Crippen molar-refractivity contribution in [1.82, 2.24) is 0 Å². The molecule has 7 heteroatoms. The highest BCUT2D eigenvalue weighted by atomic mass is 35.5. The van der Waals surface area contributed by atoms with Crippen molar-refractivity contribution in [3.8, 4) is 0 Å². The summed E-state index contributed by atoms with van der Waals surface area (Å²) in [6, 6.07) is 4.98. The number of rotatable bonds is 0. The van der Waals surface area contributed by atoms with Gasteiger partial charge in [0.1, 0.15) is 0 Å². The molecule has 0 aromatic heterocycles. The standard InChI is InChI=1S/C6H5Cl2N.HO3P/c7-5-2-1-4(9)3-6(5)8;1-4(2)3/h1-3H,9H2;(H-,1,2,3)/p+1. The van der Waals surface area contributed by atoms with Crippen molar-refractivity contribution in [3.05, 3.63) is 28.2 Å². The van der Waals surface area contributed by atoms with Crippen LogP contribution in [0.5, 0.6) is 0 Å². The third kappa shape index (κ3) is 6.75. The van der Waals surface area contributed by atoms with Crippen molar-refractivity contribution >= 4 is 37.1 Å². The fraction of sp³-hybridized carbons (Fsp3) is 0. The molecule has 0 aliphatic carbocycles. The number of hydrogen-bond acceptors (Lipinski definition) is 2. The highest BCUT2D eigenvalue weighted by molar-refractivity contribution is 7.30. The number of nitrogens with two attached hydrogens (primary N) is 1. The van der Waals surface area contributed by atoms with Crippen molar-refractivity contribution in [2.75, 3.05) is 5.73 Å². The SMILES string of the molecule is Nc1ccc(Cl)c(Cl)c1.O=[P+](O)O. The van der Waals surface area contributed by atoms with E-state index in [9.17, 15) is 0 Å². The Morgan fingerprint density at radius 3 is 2.00 bits per heavy atom. The fourth-order valence-electron chi connectivity index (χ4n) is 0.512. The lowest BCUT2D eigenvalue weighted by molar-refractivity contribution is 0.405. The summed E-state index contributed by atoms with van der Waals surface area (Å²) in [4.78, 5) is 14.2. The maximum absolute atomic E-state index is 8.70. The molecule has 0 radical (unpaired) electrons. The van der Waals surface area contributed by atoms with Gasteiger partial charge in [-0.25, -0.2) is 0 Å². The molecule has 0 bridgehead atoms. The molecule has 1 rings (SSSR count). The third-order valence-corrected chi connectivity index (χ3v) is 1.68. The Morgan fingerprint density at radius 1 is 1.23 bits per heavy atom. The summed E-state index contributed by atoms with van der Waals surface area (Å²) in [5, 5.41) is 1.03. The van der Waals surface area contributed by atoms with E-state index in [1.165, 1.54) is 0 Å². The molecule has 1 aromatic carbocycles. The number of halogens is 2. The van der Waals surface area contributed by atoms with Crippen LogP contribution in [0, 0.1) is 0 Å². The van der Waals surface area contributed by atoms with Gasteiger partial charge < -0.3 is 5.73 Å². The van der Waals surface area contributed by atoms with E-state index >= 15 is 0 Å². The van der Waals surface area contributed by atoms with Crippen molar-refractivity contribution in [2.24, 2.45) is 0 Å². The van der Waals surface area contributed by atoms with Gasteiger partial charge in [-0.2, -0.15) is 0 Å². The average Bonchev–Trinajstić information content (AvgIpc) is 1.96. The van der Waals surface area contributed by atoms with E-state index in [1.54, 1.807) is 18.2 Å². The summed E-state index contributed by atoms with van der Waals surface area (Å²) >= 11 is 11.2. The first kappa shape index (κ1) is 12.6. The number of benzene rings is 1. The first-order valence-electron chi connectivity index (χ1n) is 2.99. The molecule has 13 heavy (non-hydrogen) atoms. The van der Waals surface area contributed by atoms with Gasteiger partial charge in [0.05, 0.1) is 10.0 Å². The molecule has 4 N–H and O–H groups in total. The van der Waals surface area contributed by atoms with Crippen LogP contribution in [0.3, 0.4) is 0 Å². The second-order valence-electron chi connectivity index (χ2n) is 1.93. The molecule has 0 atom stereocenters. The zero-order valence-corrected chi connectivity index (χ0v) is 8.72. The van der Waals surface area contributed by atoms with Gasteiger partial charge in [0, 0.05) is 10.3 Å². The summed E-state index contributed by atoms with van der Waals surface area (Å²) in [5.41, 5.74) is 6.01. The highest BCUT2D eigenvalue weighted by Gasteiger charge is 1.94. The maximum atomic E-state index is 8.70. The Balaban J connectivity index is 0.000000310. The summed E-state index contributed by atoms with van der Waals surface area (Å²) in [5.74, 6) is 0. The minimum absolute atomic E-state index is 0.497. The third-order valence-electron chi connectivity index (χ3n) is 0.944. The quantitative estimate of drug-likeness (QED) is 0.481. The smallest absolute Gasteiger partial charge is 0.399 e. The van der Waals surface area contributed by atoms with Crippen molar-refractivity contribution in [3.63, 3.8) is 0 Å². The Morgan fingerprint density at radius 2 is 1.69 bits per heavy atom. The van der Waals surface area contributed by atoms with E-state index in [4.69, 9.17) is 43.3 Å². The molecule has 1 aromatic rings. The summed E-state index contributed by atoms with van der Waals surface area (Å²) in [7, 11) is -2.87. The molecule has 0 fully saturated rings. The molecule has 0 spiro atoms. The highest BCUT2D eigenvalue weighted by Crippen LogP contribution is 2.23. The van der Waals surface area contributed by atoms with E-state index in [1.807, 2.05) is 0 Å². The van der Waals surface area contributed by atoms with Crippen LogP contribution in [0.15, 0.2) is 18.2 Å². The number of anilines is 1. The number of hydrogen-bond donors (Lipinski definition) is 3. The minimum atomic E-state index is -2.87. The Hall–Kier alpha value is -0.380. The fourth-order valence-corrected chi connectivity index (χ4v) is 0.819. The van der Waals surface area contributed by atoms with E-state index in [-0.39, 0.29) is 0 Å². The zero-order chi connectivity index (χ0) is 10.4.